The molecule has 0 aliphatic carbocycles. The van der Waals surface area contributed by atoms with Crippen molar-refractivity contribution in [3.63, 3.8) is 0 Å². The lowest BCUT2D eigenvalue weighted by atomic mass is 10.1. The Kier molecular flexibility index (Phi) is 4.47. The maximum Gasteiger partial charge on any atom is 0.181 e. The van der Waals surface area contributed by atoms with Gasteiger partial charge in [-0.2, -0.15) is 4.68 Å². The second kappa shape index (κ2) is 6.87. The van der Waals surface area contributed by atoms with Gasteiger partial charge in [-0.15, -0.1) is 5.10 Å². The molecule has 3 aromatic rings. The summed E-state index contributed by atoms with van der Waals surface area (Å²) < 4.78 is 1.66. The smallest absolute Gasteiger partial charge is 0.181 e. The highest BCUT2D eigenvalue weighted by Crippen LogP contribution is 2.13. The molecule has 0 radical (unpaired) electrons. The van der Waals surface area contributed by atoms with E-state index < -0.39 is 0 Å². The number of ketones is 1. The first-order valence-corrected chi connectivity index (χ1v) is 7.53. The minimum atomic E-state index is 0.0333. The molecule has 6 nitrogen and oxygen atoms in total. The van der Waals surface area contributed by atoms with Gasteiger partial charge in [-0.3, -0.25) is 4.79 Å². The number of Topliss-reactive ketones (excluding diaryl/α,β-unsaturated/α-hetero) is 1. The van der Waals surface area contributed by atoms with Gasteiger partial charge in [-0.05, 0) is 48.5 Å². The lowest BCUT2D eigenvalue weighted by Gasteiger charge is -2.03. The lowest BCUT2D eigenvalue weighted by Crippen LogP contribution is -2.00. The van der Waals surface area contributed by atoms with Gasteiger partial charge in [-0.25, -0.2) is 0 Å². The van der Waals surface area contributed by atoms with Crippen LogP contribution in [0.1, 0.15) is 28.7 Å². The van der Waals surface area contributed by atoms with Crippen LogP contribution in [0.3, 0.4) is 0 Å². The van der Waals surface area contributed by atoms with Gasteiger partial charge in [0.15, 0.2) is 11.6 Å². The fourth-order valence-corrected chi connectivity index (χ4v) is 2.21. The van der Waals surface area contributed by atoms with Crippen molar-refractivity contribution in [3.8, 4) is 5.69 Å². The number of nitrogens with zero attached hydrogens (tertiary/aromatic N) is 4. The average Bonchev–Trinajstić information content (AvgIpc) is 3.04. The molecule has 3 rings (SSSR count). The first kappa shape index (κ1) is 15.6. The largest absolute Gasteiger partial charge is 0.362 e. The van der Waals surface area contributed by atoms with Crippen molar-refractivity contribution in [1.29, 1.82) is 0 Å². The van der Waals surface area contributed by atoms with Crippen LogP contribution in [0.25, 0.3) is 11.8 Å². The molecular weight excluding hydrogens is 302 g/mol. The van der Waals surface area contributed by atoms with Crippen LogP contribution in [0.4, 0.5) is 5.69 Å². The molecule has 0 amide bonds. The van der Waals surface area contributed by atoms with Gasteiger partial charge in [0.1, 0.15) is 0 Å². The van der Waals surface area contributed by atoms with Crippen LogP contribution in [0, 0.1) is 6.92 Å². The molecule has 1 N–H and O–H groups in total. The van der Waals surface area contributed by atoms with E-state index in [1.54, 1.807) is 36.0 Å². The molecule has 1 aromatic heterocycles. The standard InChI is InChI=1S/C18H17N5O/c1-13-6-8-17(9-7-13)23-18(20-21-22-23)10-11-19-16-5-3-4-15(12-16)14(2)24/h3-12,19H,1-2H3/b11-10-. The summed E-state index contributed by atoms with van der Waals surface area (Å²) >= 11 is 0. The van der Waals surface area contributed by atoms with Gasteiger partial charge in [0.2, 0.25) is 0 Å². The van der Waals surface area contributed by atoms with Crippen LogP contribution >= 0.6 is 0 Å². The van der Waals surface area contributed by atoms with Gasteiger partial charge < -0.3 is 5.32 Å². The Morgan fingerprint density at radius 1 is 1.17 bits per heavy atom. The average molecular weight is 319 g/mol. The molecule has 6 heteroatoms. The number of hydrogen-bond acceptors (Lipinski definition) is 5. The van der Waals surface area contributed by atoms with Gasteiger partial charge in [-0.1, -0.05) is 29.8 Å². The molecule has 24 heavy (non-hydrogen) atoms. The third-order valence-electron chi connectivity index (χ3n) is 3.52. The van der Waals surface area contributed by atoms with Crippen LogP contribution in [0.5, 0.6) is 0 Å². The van der Waals surface area contributed by atoms with E-state index in [1.165, 1.54) is 5.56 Å². The van der Waals surface area contributed by atoms with Crippen LogP contribution in [0.2, 0.25) is 0 Å². The van der Waals surface area contributed by atoms with Crippen molar-refractivity contribution < 1.29 is 4.79 Å². The number of carbonyl (C=O) groups is 1. The van der Waals surface area contributed by atoms with E-state index in [0.29, 0.717) is 11.4 Å². The molecule has 0 spiro atoms. The Balaban J connectivity index is 1.76. The molecule has 0 aliphatic rings. The number of hydrogen-bond donors (Lipinski definition) is 1. The highest BCUT2D eigenvalue weighted by molar-refractivity contribution is 5.94. The van der Waals surface area contributed by atoms with E-state index in [9.17, 15) is 4.79 Å². The van der Waals surface area contributed by atoms with Gasteiger partial charge >= 0.3 is 0 Å². The zero-order chi connectivity index (χ0) is 16.9. The summed E-state index contributed by atoms with van der Waals surface area (Å²) in [6.45, 7) is 3.58. The van der Waals surface area contributed by atoms with Gasteiger partial charge in [0.25, 0.3) is 0 Å². The molecule has 0 atom stereocenters. The second-order valence-corrected chi connectivity index (χ2v) is 5.40. The number of benzene rings is 2. The van der Waals surface area contributed by atoms with Crippen LogP contribution in [-0.4, -0.2) is 26.0 Å². The van der Waals surface area contributed by atoms with Crippen molar-refractivity contribution >= 4 is 17.5 Å². The Morgan fingerprint density at radius 3 is 2.71 bits per heavy atom. The van der Waals surface area contributed by atoms with E-state index in [1.807, 2.05) is 43.3 Å². The molecule has 0 bridgehead atoms. The summed E-state index contributed by atoms with van der Waals surface area (Å²) in [7, 11) is 0. The molecule has 0 unspecified atom stereocenters. The van der Waals surface area contributed by atoms with E-state index in [0.717, 1.165) is 11.4 Å². The van der Waals surface area contributed by atoms with Crippen LogP contribution < -0.4 is 5.32 Å². The van der Waals surface area contributed by atoms with Crippen molar-refractivity contribution in [2.24, 2.45) is 0 Å². The molecule has 120 valence electrons. The van der Waals surface area contributed by atoms with Gasteiger partial charge in [0.05, 0.1) is 5.69 Å². The third-order valence-corrected chi connectivity index (χ3v) is 3.52. The SMILES string of the molecule is CC(=O)c1cccc(N/C=C\c2nnnn2-c2ccc(C)cc2)c1. The zero-order valence-corrected chi connectivity index (χ0v) is 13.5. The zero-order valence-electron chi connectivity index (χ0n) is 13.5. The third kappa shape index (κ3) is 3.55. The second-order valence-electron chi connectivity index (χ2n) is 5.40. The minimum Gasteiger partial charge on any atom is -0.362 e. The predicted octanol–water partition coefficient (Wildman–Crippen LogP) is 3.26. The van der Waals surface area contributed by atoms with E-state index >= 15 is 0 Å². The fourth-order valence-electron chi connectivity index (χ4n) is 2.21. The summed E-state index contributed by atoms with van der Waals surface area (Å²) in [6, 6.07) is 15.3. The number of nitrogens with one attached hydrogen (secondary N) is 1. The predicted molar refractivity (Wildman–Crippen MR) is 93.0 cm³/mol. The van der Waals surface area contributed by atoms with Crippen molar-refractivity contribution in [3.05, 3.63) is 71.7 Å². The summed E-state index contributed by atoms with van der Waals surface area (Å²) in [6.07, 6.45) is 3.52. The lowest BCUT2D eigenvalue weighted by molar-refractivity contribution is 0.101. The molecule has 0 fully saturated rings. The number of tetrazole rings is 1. The fraction of sp³-hybridized carbons (Fsp3) is 0.111. The summed E-state index contributed by atoms with van der Waals surface area (Å²) in [5.74, 6) is 0.639. The van der Waals surface area contributed by atoms with Crippen molar-refractivity contribution in [2.45, 2.75) is 13.8 Å². The highest BCUT2D eigenvalue weighted by Gasteiger charge is 2.05. The van der Waals surface area contributed by atoms with Crippen LogP contribution in [0.15, 0.2) is 54.7 Å². The molecule has 0 aliphatic heterocycles. The topological polar surface area (TPSA) is 72.7 Å². The number of anilines is 1. The first-order chi connectivity index (χ1) is 11.6. The summed E-state index contributed by atoms with van der Waals surface area (Å²) in [5, 5.41) is 14.9. The number of aromatic nitrogens is 4. The summed E-state index contributed by atoms with van der Waals surface area (Å²) in [5.41, 5.74) is 3.56. The number of rotatable bonds is 5. The Morgan fingerprint density at radius 2 is 1.96 bits per heavy atom. The molecular formula is C18H17N5O. The molecule has 1 heterocycles. The maximum absolute atomic E-state index is 11.4. The Labute approximate surface area is 139 Å². The van der Waals surface area contributed by atoms with E-state index in [2.05, 4.69) is 20.8 Å². The normalized spacial score (nSPS) is 10.9. The van der Waals surface area contributed by atoms with Crippen molar-refractivity contribution in [1.82, 2.24) is 20.2 Å². The first-order valence-electron chi connectivity index (χ1n) is 7.53. The minimum absolute atomic E-state index is 0.0333. The highest BCUT2D eigenvalue weighted by atomic mass is 16.1. The van der Waals surface area contributed by atoms with Crippen LogP contribution in [-0.2, 0) is 0 Å². The quantitative estimate of drug-likeness (QED) is 0.731. The summed E-state index contributed by atoms with van der Waals surface area (Å²) in [4.78, 5) is 11.4. The van der Waals surface area contributed by atoms with Crippen molar-refractivity contribution in [2.75, 3.05) is 5.32 Å². The molecule has 0 saturated heterocycles. The molecule has 2 aromatic carbocycles. The van der Waals surface area contributed by atoms with Gasteiger partial charge in [0, 0.05) is 23.5 Å². The number of aryl methyl sites for hydroxylation is 1. The van der Waals surface area contributed by atoms with E-state index in [-0.39, 0.29) is 5.78 Å². The molecule has 0 saturated carbocycles. The van der Waals surface area contributed by atoms with E-state index in [4.69, 9.17) is 0 Å². The Bertz CT molecular complexity index is 880. The number of carbonyl (C=O) groups excluding carboxylic acids is 1. The monoisotopic (exact) mass is 319 g/mol. The maximum atomic E-state index is 11.4. The Hall–Kier alpha value is -3.28.